The molecule has 1 aromatic rings. The molecule has 0 aliphatic rings. The summed E-state index contributed by atoms with van der Waals surface area (Å²) in [6, 6.07) is 4.25. The molecule has 1 aromatic carbocycles. The second-order valence-electron chi connectivity index (χ2n) is 2.82. The van der Waals surface area contributed by atoms with Gasteiger partial charge in [0, 0.05) is 4.90 Å². The van der Waals surface area contributed by atoms with Crippen LogP contribution in [-0.4, -0.2) is 6.26 Å². The Morgan fingerprint density at radius 1 is 1.15 bits per heavy atom. The SMILES string of the molecule is C=Cc1c(C)ccc(SC)c1C=C. The fraction of sp³-hybridized carbons (Fsp3) is 0.167. The zero-order chi connectivity index (χ0) is 9.84. The molecule has 13 heavy (non-hydrogen) atoms. The average molecular weight is 190 g/mol. The van der Waals surface area contributed by atoms with E-state index in [1.165, 1.54) is 21.6 Å². The topological polar surface area (TPSA) is 0 Å². The second-order valence-corrected chi connectivity index (χ2v) is 3.67. The van der Waals surface area contributed by atoms with Gasteiger partial charge in [0.1, 0.15) is 0 Å². The molecule has 0 saturated carbocycles. The van der Waals surface area contributed by atoms with Crippen molar-refractivity contribution < 1.29 is 0 Å². The van der Waals surface area contributed by atoms with Crippen molar-refractivity contribution in [3.8, 4) is 0 Å². The van der Waals surface area contributed by atoms with Crippen LogP contribution in [0, 0.1) is 6.92 Å². The molecule has 0 bridgehead atoms. The van der Waals surface area contributed by atoms with E-state index in [9.17, 15) is 0 Å². The van der Waals surface area contributed by atoms with E-state index in [0.717, 1.165) is 0 Å². The van der Waals surface area contributed by atoms with Crippen molar-refractivity contribution in [1.82, 2.24) is 0 Å². The predicted octanol–water partition coefficient (Wildman–Crippen LogP) is 4.00. The molecule has 1 rings (SSSR count). The lowest BCUT2D eigenvalue weighted by Gasteiger charge is -2.09. The van der Waals surface area contributed by atoms with Gasteiger partial charge in [0.05, 0.1) is 0 Å². The van der Waals surface area contributed by atoms with E-state index in [4.69, 9.17) is 0 Å². The molecule has 0 heterocycles. The highest BCUT2D eigenvalue weighted by Crippen LogP contribution is 2.27. The number of rotatable bonds is 3. The number of aryl methyl sites for hydroxylation is 1. The molecule has 0 fully saturated rings. The van der Waals surface area contributed by atoms with E-state index in [-0.39, 0.29) is 0 Å². The minimum Gasteiger partial charge on any atom is -0.129 e. The molecule has 0 aliphatic heterocycles. The molecular weight excluding hydrogens is 176 g/mol. The van der Waals surface area contributed by atoms with Gasteiger partial charge in [0.2, 0.25) is 0 Å². The molecule has 0 N–H and O–H groups in total. The van der Waals surface area contributed by atoms with E-state index < -0.39 is 0 Å². The van der Waals surface area contributed by atoms with Crippen molar-refractivity contribution in [3.05, 3.63) is 42.0 Å². The van der Waals surface area contributed by atoms with Crippen LogP contribution in [-0.2, 0) is 0 Å². The smallest absolute Gasteiger partial charge is 0.0148 e. The molecule has 0 aromatic heterocycles. The summed E-state index contributed by atoms with van der Waals surface area (Å²) in [6.45, 7) is 9.74. The Labute approximate surface area is 84.4 Å². The van der Waals surface area contributed by atoms with Crippen LogP contribution in [0.3, 0.4) is 0 Å². The van der Waals surface area contributed by atoms with E-state index in [0.29, 0.717) is 0 Å². The fourth-order valence-corrected chi connectivity index (χ4v) is 2.00. The minimum atomic E-state index is 1.20. The molecule has 0 spiro atoms. The molecule has 0 radical (unpaired) electrons. The largest absolute Gasteiger partial charge is 0.129 e. The Morgan fingerprint density at radius 3 is 2.23 bits per heavy atom. The predicted molar refractivity (Wildman–Crippen MR) is 63.1 cm³/mol. The molecule has 0 atom stereocenters. The monoisotopic (exact) mass is 190 g/mol. The molecule has 0 unspecified atom stereocenters. The summed E-state index contributed by atoms with van der Waals surface area (Å²) in [4.78, 5) is 1.26. The molecule has 0 amide bonds. The van der Waals surface area contributed by atoms with Crippen molar-refractivity contribution in [3.63, 3.8) is 0 Å². The van der Waals surface area contributed by atoms with Crippen LogP contribution in [0.15, 0.2) is 30.2 Å². The standard InChI is InChI=1S/C12H14S/c1-5-10-9(3)7-8-12(13-4)11(10)6-2/h5-8H,1-2H2,3-4H3. The van der Waals surface area contributed by atoms with Crippen molar-refractivity contribution in [2.75, 3.05) is 6.26 Å². The summed E-state index contributed by atoms with van der Waals surface area (Å²) >= 11 is 1.74. The van der Waals surface area contributed by atoms with E-state index in [2.05, 4.69) is 38.5 Å². The van der Waals surface area contributed by atoms with Gasteiger partial charge in [-0.15, -0.1) is 11.8 Å². The zero-order valence-electron chi connectivity index (χ0n) is 8.13. The van der Waals surface area contributed by atoms with Gasteiger partial charge >= 0.3 is 0 Å². The lowest BCUT2D eigenvalue weighted by molar-refractivity contribution is 1.33. The summed E-state index contributed by atoms with van der Waals surface area (Å²) in [5.74, 6) is 0. The minimum absolute atomic E-state index is 1.20. The highest BCUT2D eigenvalue weighted by Gasteiger charge is 2.04. The van der Waals surface area contributed by atoms with E-state index in [1.54, 1.807) is 11.8 Å². The van der Waals surface area contributed by atoms with Gasteiger partial charge in [-0.25, -0.2) is 0 Å². The third-order valence-corrected chi connectivity index (χ3v) is 2.89. The molecule has 0 nitrogen and oxygen atoms in total. The molecule has 0 aliphatic carbocycles. The number of benzene rings is 1. The molecule has 0 saturated heterocycles. The van der Waals surface area contributed by atoms with Crippen LogP contribution in [0.2, 0.25) is 0 Å². The average Bonchev–Trinajstić information content (AvgIpc) is 2.17. The van der Waals surface area contributed by atoms with Gasteiger partial charge in [-0.1, -0.05) is 31.4 Å². The van der Waals surface area contributed by atoms with Gasteiger partial charge < -0.3 is 0 Å². The van der Waals surface area contributed by atoms with Gasteiger partial charge in [-0.3, -0.25) is 0 Å². The maximum atomic E-state index is 3.83. The summed E-state index contributed by atoms with van der Waals surface area (Å²) in [5.41, 5.74) is 3.65. The molecule has 1 heteroatoms. The molecule has 68 valence electrons. The number of hydrogen-bond donors (Lipinski definition) is 0. The summed E-state index contributed by atoms with van der Waals surface area (Å²) < 4.78 is 0. The Kier molecular flexibility index (Phi) is 3.38. The summed E-state index contributed by atoms with van der Waals surface area (Å²) in [6.07, 6.45) is 5.87. The highest BCUT2D eigenvalue weighted by molar-refractivity contribution is 7.98. The van der Waals surface area contributed by atoms with Gasteiger partial charge in [-0.2, -0.15) is 0 Å². The third kappa shape index (κ3) is 1.86. The van der Waals surface area contributed by atoms with Gasteiger partial charge in [0.15, 0.2) is 0 Å². The first-order chi connectivity index (χ1) is 6.24. The number of hydrogen-bond acceptors (Lipinski definition) is 1. The molecular formula is C12H14S. The van der Waals surface area contributed by atoms with Crippen LogP contribution < -0.4 is 0 Å². The zero-order valence-corrected chi connectivity index (χ0v) is 8.95. The fourth-order valence-electron chi connectivity index (χ4n) is 1.38. The first-order valence-electron chi connectivity index (χ1n) is 4.17. The Bertz CT molecular complexity index is 337. The lowest BCUT2D eigenvalue weighted by Crippen LogP contribution is -1.88. The van der Waals surface area contributed by atoms with Crippen LogP contribution in [0.4, 0.5) is 0 Å². The van der Waals surface area contributed by atoms with Crippen molar-refractivity contribution in [2.24, 2.45) is 0 Å². The maximum absolute atomic E-state index is 3.83. The lowest BCUT2D eigenvalue weighted by atomic mass is 10.0. The first kappa shape index (κ1) is 10.1. The van der Waals surface area contributed by atoms with Crippen LogP contribution in [0.5, 0.6) is 0 Å². The van der Waals surface area contributed by atoms with Crippen LogP contribution in [0.25, 0.3) is 12.2 Å². The van der Waals surface area contributed by atoms with E-state index in [1.807, 2.05) is 12.2 Å². The second kappa shape index (κ2) is 4.33. The van der Waals surface area contributed by atoms with Crippen LogP contribution >= 0.6 is 11.8 Å². The van der Waals surface area contributed by atoms with Crippen LogP contribution in [0.1, 0.15) is 16.7 Å². The Hall–Kier alpha value is -0.950. The van der Waals surface area contributed by atoms with E-state index >= 15 is 0 Å². The highest BCUT2D eigenvalue weighted by atomic mass is 32.2. The normalized spacial score (nSPS) is 9.69. The van der Waals surface area contributed by atoms with Crippen molar-refractivity contribution in [1.29, 1.82) is 0 Å². The summed E-state index contributed by atoms with van der Waals surface area (Å²) in [7, 11) is 0. The van der Waals surface area contributed by atoms with Crippen molar-refractivity contribution >= 4 is 23.9 Å². The quantitative estimate of drug-likeness (QED) is 0.649. The third-order valence-electron chi connectivity index (χ3n) is 2.09. The van der Waals surface area contributed by atoms with Gasteiger partial charge in [0.25, 0.3) is 0 Å². The summed E-state index contributed by atoms with van der Waals surface area (Å²) in [5, 5.41) is 0. The maximum Gasteiger partial charge on any atom is 0.0148 e. The van der Waals surface area contributed by atoms with Crippen molar-refractivity contribution in [2.45, 2.75) is 11.8 Å². The first-order valence-corrected chi connectivity index (χ1v) is 5.39. The Morgan fingerprint density at radius 2 is 1.77 bits per heavy atom. The Balaban J connectivity index is 3.44. The van der Waals surface area contributed by atoms with Gasteiger partial charge in [-0.05, 0) is 35.9 Å². The number of thioether (sulfide) groups is 1.